The van der Waals surface area contributed by atoms with E-state index in [-0.39, 0.29) is 11.8 Å². The summed E-state index contributed by atoms with van der Waals surface area (Å²) in [7, 11) is 2.40. The molecule has 0 bridgehead atoms. The first-order valence-corrected chi connectivity index (χ1v) is 5.23. The number of hydrogen-bond acceptors (Lipinski definition) is 2. The molecule has 2 unspecified atom stereocenters. The Hall–Kier alpha value is -0.720. The fraction of sp³-hybridized carbons (Fsp3) is 0.364. The van der Waals surface area contributed by atoms with E-state index in [0.29, 0.717) is 0 Å². The van der Waals surface area contributed by atoms with E-state index < -0.39 is 0 Å². The lowest BCUT2D eigenvalue weighted by Gasteiger charge is -2.12. The van der Waals surface area contributed by atoms with Crippen LogP contribution < -0.4 is 5.09 Å². The predicted molar refractivity (Wildman–Crippen MR) is 62.2 cm³/mol. The van der Waals surface area contributed by atoms with Gasteiger partial charge in [-0.25, -0.2) is 0 Å². The molecule has 0 fully saturated rings. The van der Waals surface area contributed by atoms with Crippen molar-refractivity contribution in [3.8, 4) is 0 Å². The van der Waals surface area contributed by atoms with Crippen LogP contribution in [0.1, 0.15) is 18.1 Å². The molecule has 1 rings (SSSR count). The standard InChI is InChI=1S/C11H16NOP/c1-8-3-5-10(6-4-8)7-11(12-14)9(2)13/h3-6,11-12H,7,14H2,1-2H3. The third-order valence-corrected chi connectivity index (χ3v) is 2.65. The van der Waals surface area contributed by atoms with E-state index in [4.69, 9.17) is 0 Å². The van der Waals surface area contributed by atoms with Gasteiger partial charge >= 0.3 is 0 Å². The van der Waals surface area contributed by atoms with Gasteiger partial charge < -0.3 is 0 Å². The normalized spacial score (nSPS) is 12.5. The second-order valence-electron chi connectivity index (χ2n) is 3.52. The number of Topliss-reactive ketones (excluding diaryl/α,β-unsaturated/α-hetero) is 1. The first-order valence-electron chi connectivity index (χ1n) is 4.65. The van der Waals surface area contributed by atoms with Crippen LogP contribution in [0, 0.1) is 6.92 Å². The van der Waals surface area contributed by atoms with Crippen LogP contribution in [0.4, 0.5) is 0 Å². The van der Waals surface area contributed by atoms with Gasteiger partial charge in [0.2, 0.25) is 0 Å². The molecular formula is C11H16NOP. The summed E-state index contributed by atoms with van der Waals surface area (Å²) in [6, 6.07) is 8.16. The van der Waals surface area contributed by atoms with Crippen molar-refractivity contribution in [2.24, 2.45) is 0 Å². The molecule has 2 nitrogen and oxygen atoms in total. The Bertz CT molecular complexity index is 308. The molecule has 0 heterocycles. The number of carbonyl (C=O) groups excluding carboxylic acids is 1. The molecule has 0 saturated carbocycles. The van der Waals surface area contributed by atoms with Crippen molar-refractivity contribution in [1.82, 2.24) is 5.09 Å². The molecule has 1 aromatic carbocycles. The summed E-state index contributed by atoms with van der Waals surface area (Å²) in [5.74, 6) is 0.167. The summed E-state index contributed by atoms with van der Waals surface area (Å²) < 4.78 is 0. The smallest absolute Gasteiger partial charge is 0.147 e. The van der Waals surface area contributed by atoms with Gasteiger partial charge in [0.1, 0.15) is 5.78 Å². The maximum Gasteiger partial charge on any atom is 0.147 e. The molecule has 0 amide bonds. The molecule has 1 aromatic rings. The Morgan fingerprint density at radius 2 is 2.00 bits per heavy atom. The van der Waals surface area contributed by atoms with Crippen molar-refractivity contribution in [2.75, 3.05) is 0 Å². The lowest BCUT2D eigenvalue weighted by atomic mass is 10.0. The van der Waals surface area contributed by atoms with E-state index in [1.165, 1.54) is 11.1 Å². The van der Waals surface area contributed by atoms with Gasteiger partial charge in [-0.2, -0.15) is 0 Å². The molecular weight excluding hydrogens is 193 g/mol. The number of hydrogen-bond donors (Lipinski definition) is 1. The number of rotatable bonds is 4. The lowest BCUT2D eigenvalue weighted by molar-refractivity contribution is -0.118. The molecule has 14 heavy (non-hydrogen) atoms. The van der Waals surface area contributed by atoms with Crippen LogP contribution in [-0.2, 0) is 11.2 Å². The Morgan fingerprint density at radius 1 is 1.43 bits per heavy atom. The van der Waals surface area contributed by atoms with Gasteiger partial charge in [-0.1, -0.05) is 39.2 Å². The second kappa shape index (κ2) is 5.23. The van der Waals surface area contributed by atoms with E-state index >= 15 is 0 Å². The van der Waals surface area contributed by atoms with Gasteiger partial charge in [-0.15, -0.1) is 0 Å². The number of aryl methyl sites for hydroxylation is 1. The van der Waals surface area contributed by atoms with Crippen LogP contribution >= 0.6 is 9.39 Å². The highest BCUT2D eigenvalue weighted by Crippen LogP contribution is 2.07. The fourth-order valence-electron chi connectivity index (χ4n) is 1.28. The summed E-state index contributed by atoms with van der Waals surface area (Å²) in [4.78, 5) is 11.2. The van der Waals surface area contributed by atoms with Gasteiger partial charge in [-0.05, 0) is 25.8 Å². The van der Waals surface area contributed by atoms with E-state index in [1.54, 1.807) is 6.92 Å². The maximum absolute atomic E-state index is 11.2. The highest BCUT2D eigenvalue weighted by Gasteiger charge is 2.11. The van der Waals surface area contributed by atoms with Gasteiger partial charge in [0, 0.05) is 0 Å². The minimum atomic E-state index is -0.0947. The minimum absolute atomic E-state index is 0.0947. The summed E-state index contributed by atoms with van der Waals surface area (Å²) in [5, 5.41) is 2.93. The topological polar surface area (TPSA) is 29.1 Å². The zero-order valence-electron chi connectivity index (χ0n) is 8.58. The van der Waals surface area contributed by atoms with Crippen molar-refractivity contribution in [3.05, 3.63) is 35.4 Å². The van der Waals surface area contributed by atoms with Crippen molar-refractivity contribution >= 4 is 15.2 Å². The van der Waals surface area contributed by atoms with E-state index in [9.17, 15) is 4.79 Å². The predicted octanol–water partition coefficient (Wildman–Crippen LogP) is 1.87. The van der Waals surface area contributed by atoms with Crippen molar-refractivity contribution < 1.29 is 4.79 Å². The lowest BCUT2D eigenvalue weighted by Crippen LogP contribution is -2.30. The van der Waals surface area contributed by atoms with Crippen molar-refractivity contribution in [2.45, 2.75) is 26.3 Å². The Kier molecular flexibility index (Phi) is 4.24. The van der Waals surface area contributed by atoms with Gasteiger partial charge in [0.15, 0.2) is 0 Å². The highest BCUT2D eigenvalue weighted by molar-refractivity contribution is 7.13. The molecule has 76 valence electrons. The van der Waals surface area contributed by atoms with Crippen LogP contribution in [-0.4, -0.2) is 11.8 Å². The molecule has 3 heteroatoms. The summed E-state index contributed by atoms with van der Waals surface area (Å²) in [6.45, 7) is 3.66. The number of carbonyl (C=O) groups is 1. The van der Waals surface area contributed by atoms with Crippen LogP contribution in [0.3, 0.4) is 0 Å². The van der Waals surface area contributed by atoms with Crippen LogP contribution in [0.2, 0.25) is 0 Å². The largest absolute Gasteiger partial charge is 0.298 e. The van der Waals surface area contributed by atoms with Crippen molar-refractivity contribution in [3.63, 3.8) is 0 Å². The van der Waals surface area contributed by atoms with Gasteiger partial charge in [0.05, 0.1) is 6.04 Å². The fourth-order valence-corrected chi connectivity index (χ4v) is 1.63. The molecule has 0 aliphatic rings. The molecule has 0 aliphatic heterocycles. The van der Waals surface area contributed by atoms with Crippen LogP contribution in [0.5, 0.6) is 0 Å². The van der Waals surface area contributed by atoms with Crippen LogP contribution in [0.15, 0.2) is 24.3 Å². The molecule has 1 N–H and O–H groups in total. The average Bonchev–Trinajstić information content (AvgIpc) is 2.16. The second-order valence-corrected chi connectivity index (χ2v) is 3.85. The average molecular weight is 209 g/mol. The summed E-state index contributed by atoms with van der Waals surface area (Å²) >= 11 is 0. The molecule has 0 spiro atoms. The number of benzene rings is 1. The Labute approximate surface area is 87.4 Å². The van der Waals surface area contributed by atoms with Crippen molar-refractivity contribution in [1.29, 1.82) is 0 Å². The highest BCUT2D eigenvalue weighted by atomic mass is 31.0. The molecule has 0 aliphatic carbocycles. The molecule has 0 radical (unpaired) electrons. The maximum atomic E-state index is 11.2. The Balaban J connectivity index is 2.67. The van der Waals surface area contributed by atoms with E-state index in [1.807, 2.05) is 0 Å². The zero-order chi connectivity index (χ0) is 10.6. The first kappa shape index (κ1) is 11.4. The monoisotopic (exact) mass is 209 g/mol. The zero-order valence-corrected chi connectivity index (χ0v) is 9.73. The SMILES string of the molecule is CC(=O)C(Cc1ccc(C)cc1)NP. The van der Waals surface area contributed by atoms with Gasteiger partial charge in [-0.3, -0.25) is 9.88 Å². The summed E-state index contributed by atoms with van der Waals surface area (Å²) in [6.07, 6.45) is 0.749. The molecule has 2 atom stereocenters. The Morgan fingerprint density at radius 3 is 2.43 bits per heavy atom. The quantitative estimate of drug-likeness (QED) is 0.767. The number of nitrogens with one attached hydrogen (secondary N) is 1. The third-order valence-electron chi connectivity index (χ3n) is 2.25. The first-order chi connectivity index (χ1) is 6.63. The van der Waals surface area contributed by atoms with E-state index in [0.717, 1.165) is 6.42 Å². The van der Waals surface area contributed by atoms with Gasteiger partial charge in [0.25, 0.3) is 0 Å². The minimum Gasteiger partial charge on any atom is -0.298 e. The van der Waals surface area contributed by atoms with Crippen LogP contribution in [0.25, 0.3) is 0 Å². The summed E-state index contributed by atoms with van der Waals surface area (Å²) in [5.41, 5.74) is 2.43. The van der Waals surface area contributed by atoms with E-state index in [2.05, 4.69) is 45.7 Å². The molecule has 0 aromatic heterocycles. The number of ketones is 1. The molecule has 0 saturated heterocycles. The third kappa shape index (κ3) is 3.21.